The van der Waals surface area contributed by atoms with Gasteiger partial charge in [0, 0.05) is 29.4 Å². The number of hydrogen-bond donors (Lipinski definition) is 0. The summed E-state index contributed by atoms with van der Waals surface area (Å²) in [5.41, 5.74) is -0.445. The predicted octanol–water partition coefficient (Wildman–Crippen LogP) is 6.71. The molecule has 8 heteroatoms. The summed E-state index contributed by atoms with van der Waals surface area (Å²) in [6.07, 6.45) is -4.11. The van der Waals surface area contributed by atoms with Gasteiger partial charge in [-0.05, 0) is 35.2 Å². The molecule has 4 nitrogen and oxygen atoms in total. The lowest BCUT2D eigenvalue weighted by Crippen LogP contribution is -2.33. The number of alkyl halides is 3. The molecule has 0 radical (unpaired) electrons. The number of ketones is 1. The molecule has 0 saturated heterocycles. The number of rotatable bonds is 2. The average molecular weight is 473 g/mol. The molecule has 33 heavy (non-hydrogen) atoms. The van der Waals surface area contributed by atoms with E-state index in [0.717, 1.165) is 0 Å². The minimum absolute atomic E-state index is 0.0252. The van der Waals surface area contributed by atoms with Gasteiger partial charge in [0.25, 0.3) is 0 Å². The van der Waals surface area contributed by atoms with E-state index in [-0.39, 0.29) is 34.6 Å². The Bertz CT molecular complexity index is 1290. The van der Waals surface area contributed by atoms with E-state index in [4.69, 9.17) is 16.3 Å². The van der Waals surface area contributed by atoms with Crippen LogP contribution in [0.1, 0.15) is 49.4 Å². The lowest BCUT2D eigenvalue weighted by molar-refractivity contribution is -0.142. The Kier molecular flexibility index (Phi) is 4.94. The first-order valence-corrected chi connectivity index (χ1v) is 10.9. The van der Waals surface area contributed by atoms with Crippen LogP contribution in [0.3, 0.4) is 0 Å². The molecule has 3 aromatic rings. The van der Waals surface area contributed by atoms with Gasteiger partial charge in [-0.25, -0.2) is 0 Å². The van der Waals surface area contributed by atoms with Crippen LogP contribution in [0.5, 0.6) is 5.88 Å². The van der Waals surface area contributed by atoms with Crippen LogP contribution >= 0.6 is 11.6 Å². The van der Waals surface area contributed by atoms with Crippen molar-refractivity contribution in [2.45, 2.75) is 38.8 Å². The van der Waals surface area contributed by atoms with Gasteiger partial charge >= 0.3 is 6.18 Å². The lowest BCUT2D eigenvalue weighted by atomic mass is 9.70. The molecule has 0 N–H and O–H groups in total. The van der Waals surface area contributed by atoms with Gasteiger partial charge < -0.3 is 4.74 Å². The second kappa shape index (κ2) is 7.48. The summed E-state index contributed by atoms with van der Waals surface area (Å²) in [4.78, 5) is 13.3. The molecule has 0 fully saturated rings. The predicted molar refractivity (Wildman–Crippen MR) is 118 cm³/mol. The van der Waals surface area contributed by atoms with E-state index in [2.05, 4.69) is 5.10 Å². The summed E-state index contributed by atoms with van der Waals surface area (Å²) < 4.78 is 50.1. The monoisotopic (exact) mass is 472 g/mol. The van der Waals surface area contributed by atoms with Crippen molar-refractivity contribution in [3.63, 3.8) is 0 Å². The van der Waals surface area contributed by atoms with Gasteiger partial charge in [-0.15, -0.1) is 0 Å². The van der Waals surface area contributed by atoms with Gasteiger partial charge in [0.2, 0.25) is 5.88 Å². The van der Waals surface area contributed by atoms with Gasteiger partial charge in [-0.3, -0.25) is 4.79 Å². The standard InChI is InChI=1S/C25H20ClF3N2O2/c1-24(2)12-17(32)20-18(13-24)33-23-21(19(20)14-7-6-8-15(26)11-14)22(25(27,28)29)30-31(23)16-9-4-3-5-10-16/h3-11,19H,12-13H2,1-2H3. The van der Waals surface area contributed by atoms with E-state index in [1.807, 2.05) is 13.8 Å². The van der Waals surface area contributed by atoms with Crippen LogP contribution in [0.15, 0.2) is 65.9 Å². The van der Waals surface area contributed by atoms with Crippen molar-refractivity contribution in [1.82, 2.24) is 9.78 Å². The zero-order chi connectivity index (χ0) is 23.5. The summed E-state index contributed by atoms with van der Waals surface area (Å²) in [5.74, 6) is -0.847. The molecule has 2 heterocycles. The minimum atomic E-state index is -4.75. The number of nitrogens with zero attached hydrogens (tertiary/aromatic N) is 2. The highest BCUT2D eigenvalue weighted by Gasteiger charge is 2.49. The Balaban J connectivity index is 1.84. The third kappa shape index (κ3) is 3.74. The van der Waals surface area contributed by atoms with Crippen molar-refractivity contribution >= 4 is 17.4 Å². The van der Waals surface area contributed by atoms with Crippen LogP contribution < -0.4 is 4.74 Å². The van der Waals surface area contributed by atoms with Crippen molar-refractivity contribution < 1.29 is 22.7 Å². The van der Waals surface area contributed by atoms with Crippen LogP contribution in [0.2, 0.25) is 5.02 Å². The molecule has 0 amide bonds. The molecule has 0 bridgehead atoms. The molecule has 2 aromatic carbocycles. The summed E-state index contributed by atoms with van der Waals surface area (Å²) in [6.45, 7) is 3.88. The Morgan fingerprint density at radius 2 is 1.82 bits per heavy atom. The first kappa shape index (κ1) is 21.8. The van der Waals surface area contributed by atoms with Gasteiger partial charge in [-0.1, -0.05) is 55.8 Å². The maximum Gasteiger partial charge on any atom is 0.435 e. The van der Waals surface area contributed by atoms with E-state index >= 15 is 0 Å². The summed E-state index contributed by atoms with van der Waals surface area (Å²) in [6, 6.07) is 15.1. The molecular weight excluding hydrogens is 453 g/mol. The molecule has 1 unspecified atom stereocenters. The maximum atomic E-state index is 14.3. The van der Waals surface area contributed by atoms with Crippen molar-refractivity contribution in [1.29, 1.82) is 0 Å². The smallest absolute Gasteiger partial charge is 0.435 e. The highest BCUT2D eigenvalue weighted by molar-refractivity contribution is 6.30. The summed E-state index contributed by atoms with van der Waals surface area (Å²) >= 11 is 6.20. The topological polar surface area (TPSA) is 44.1 Å². The van der Waals surface area contributed by atoms with Crippen LogP contribution in [0.4, 0.5) is 13.2 Å². The number of halogens is 4. The number of hydrogen-bond acceptors (Lipinski definition) is 3. The first-order chi connectivity index (χ1) is 15.5. The van der Waals surface area contributed by atoms with Gasteiger partial charge in [0.15, 0.2) is 11.5 Å². The Labute approximate surface area is 193 Å². The molecule has 0 saturated carbocycles. The van der Waals surface area contributed by atoms with Crippen molar-refractivity contribution in [3.05, 3.63) is 87.8 Å². The third-order valence-electron chi connectivity index (χ3n) is 6.01. The van der Waals surface area contributed by atoms with Crippen LogP contribution in [-0.2, 0) is 11.0 Å². The maximum absolute atomic E-state index is 14.3. The van der Waals surface area contributed by atoms with Crippen molar-refractivity contribution in [2.75, 3.05) is 0 Å². The number of aromatic nitrogens is 2. The SMILES string of the molecule is CC1(C)CC(=O)C2=C(C1)Oc1c(c(C(F)(F)F)nn1-c1ccccc1)C2c1cccc(Cl)c1. The Morgan fingerprint density at radius 1 is 1.09 bits per heavy atom. The van der Waals surface area contributed by atoms with Crippen LogP contribution in [0.25, 0.3) is 5.69 Å². The van der Waals surface area contributed by atoms with E-state index in [1.54, 1.807) is 54.6 Å². The highest BCUT2D eigenvalue weighted by Crippen LogP contribution is 2.53. The van der Waals surface area contributed by atoms with E-state index in [0.29, 0.717) is 28.5 Å². The molecule has 2 aliphatic rings. The van der Waals surface area contributed by atoms with Crippen molar-refractivity contribution in [3.8, 4) is 11.6 Å². The molecule has 1 aromatic heterocycles. The molecular formula is C25H20ClF3N2O2. The second-order valence-corrected chi connectivity index (χ2v) is 9.62. The normalized spacial score (nSPS) is 19.7. The number of para-hydroxylation sites is 1. The molecule has 170 valence electrons. The van der Waals surface area contributed by atoms with Gasteiger partial charge in [0.05, 0.1) is 11.3 Å². The number of ether oxygens (including phenoxy) is 1. The molecule has 5 rings (SSSR count). The molecule has 1 aliphatic carbocycles. The molecule has 0 spiro atoms. The second-order valence-electron chi connectivity index (χ2n) is 9.18. The number of carbonyl (C=O) groups excluding carboxylic acids is 1. The third-order valence-corrected chi connectivity index (χ3v) is 6.24. The van der Waals surface area contributed by atoms with Gasteiger partial charge in [0.1, 0.15) is 5.76 Å². The van der Waals surface area contributed by atoms with Crippen LogP contribution in [-0.4, -0.2) is 15.6 Å². The highest BCUT2D eigenvalue weighted by atomic mass is 35.5. The Hall–Kier alpha value is -3.06. The van der Waals surface area contributed by atoms with E-state index < -0.39 is 17.8 Å². The summed E-state index contributed by atoms with van der Waals surface area (Å²) in [5, 5.41) is 4.32. The molecule has 1 aliphatic heterocycles. The van der Waals surface area contributed by atoms with Gasteiger partial charge in [-0.2, -0.15) is 23.0 Å². The summed E-state index contributed by atoms with van der Waals surface area (Å²) in [7, 11) is 0. The average Bonchev–Trinajstić information content (AvgIpc) is 3.11. The van der Waals surface area contributed by atoms with E-state index in [1.165, 1.54) is 4.68 Å². The zero-order valence-electron chi connectivity index (χ0n) is 17.9. The molecule has 1 atom stereocenters. The fourth-order valence-corrected chi connectivity index (χ4v) is 4.90. The largest absolute Gasteiger partial charge is 0.442 e. The van der Waals surface area contributed by atoms with Crippen molar-refractivity contribution in [2.24, 2.45) is 5.41 Å². The van der Waals surface area contributed by atoms with Crippen LogP contribution in [0, 0.1) is 5.41 Å². The fraction of sp³-hybridized carbons (Fsp3) is 0.280. The Morgan fingerprint density at radius 3 is 2.48 bits per heavy atom. The quantitative estimate of drug-likeness (QED) is 0.416. The number of fused-ring (bicyclic) bond motifs is 1. The lowest BCUT2D eigenvalue weighted by Gasteiger charge is -2.37. The first-order valence-electron chi connectivity index (χ1n) is 10.5. The minimum Gasteiger partial charge on any atom is -0.442 e. The zero-order valence-corrected chi connectivity index (χ0v) is 18.7. The fourth-order valence-electron chi connectivity index (χ4n) is 4.70. The number of benzene rings is 2. The number of allylic oxidation sites excluding steroid dienone is 2. The number of Topliss-reactive ketones (excluding diaryl/α,β-unsaturated/α-hetero) is 1. The number of carbonyl (C=O) groups is 1. The van der Waals surface area contributed by atoms with E-state index in [9.17, 15) is 18.0 Å².